The van der Waals surface area contributed by atoms with Gasteiger partial charge < -0.3 is 0 Å². The molecule has 0 aliphatic heterocycles. The predicted octanol–water partition coefficient (Wildman–Crippen LogP) is 3.61. The molecule has 0 heterocycles. The van der Waals surface area contributed by atoms with Gasteiger partial charge in [-0.1, -0.05) is 0 Å². The molecule has 2 aromatic rings. The molecule has 0 fully saturated rings. The van der Waals surface area contributed by atoms with Crippen LogP contribution in [0.2, 0.25) is 0 Å². The first-order valence-electron chi connectivity index (χ1n) is 4.43. The van der Waals surface area contributed by atoms with Crippen LogP contribution >= 0.6 is 0 Å². The van der Waals surface area contributed by atoms with E-state index in [2.05, 4.69) is 18.7 Å². The molecule has 0 bridgehead atoms. The Morgan fingerprint density at radius 1 is 0.933 bits per heavy atom. The Labute approximate surface area is 107 Å². The Kier molecular flexibility index (Phi) is 8.79. The summed E-state index contributed by atoms with van der Waals surface area (Å²) in [7, 11) is 0. The largest absolute Gasteiger partial charge is 2.00 e. The minimum absolute atomic E-state index is 0. The van der Waals surface area contributed by atoms with Crippen LogP contribution in [0.15, 0.2) is 61.2 Å². The molecule has 0 atom stereocenters. The van der Waals surface area contributed by atoms with Crippen molar-refractivity contribution in [3.8, 4) is 0 Å². The first-order chi connectivity index (χ1) is 6.93. The van der Waals surface area contributed by atoms with E-state index in [1.54, 1.807) is 6.08 Å². The van der Waals surface area contributed by atoms with Crippen molar-refractivity contribution < 1.29 is 22.4 Å². The van der Waals surface area contributed by atoms with Crippen LogP contribution in [-0.4, -0.2) is 0 Å². The van der Waals surface area contributed by atoms with Gasteiger partial charge in [-0.15, -0.1) is 18.2 Å². The average molecular weight is 273 g/mol. The van der Waals surface area contributed by atoms with Crippen molar-refractivity contribution in [2.45, 2.75) is 0 Å². The van der Waals surface area contributed by atoms with Crippen LogP contribution in [0.5, 0.6) is 0 Å². The van der Waals surface area contributed by atoms with Gasteiger partial charge in [-0.25, -0.2) is 0 Å². The fourth-order valence-corrected chi connectivity index (χ4v) is 0.876. The first-order valence-corrected chi connectivity index (χ1v) is 4.43. The summed E-state index contributed by atoms with van der Waals surface area (Å²) < 4.78 is 0. The molecule has 0 spiro atoms. The fraction of sp³-hybridized carbons (Fsp3) is 0. The van der Waals surface area contributed by atoms with E-state index in [0.29, 0.717) is 0 Å². The molecule has 0 saturated heterocycles. The number of rotatable bonds is 1. The minimum atomic E-state index is 0. The SMILES string of the molecule is C=Cc1c[c-]ccc1.[Nb+2].[c-]1ccccc1. The van der Waals surface area contributed by atoms with E-state index in [1.165, 1.54) is 0 Å². The van der Waals surface area contributed by atoms with E-state index >= 15 is 0 Å². The molecule has 0 aromatic heterocycles. The van der Waals surface area contributed by atoms with E-state index in [4.69, 9.17) is 0 Å². The molecule has 0 aliphatic carbocycles. The fourth-order valence-electron chi connectivity index (χ4n) is 0.876. The maximum Gasteiger partial charge on any atom is 2.00 e. The molecule has 0 N–H and O–H groups in total. The summed E-state index contributed by atoms with van der Waals surface area (Å²) in [4.78, 5) is 0. The Morgan fingerprint density at radius 3 is 1.87 bits per heavy atom. The second-order valence-corrected chi connectivity index (χ2v) is 2.62. The van der Waals surface area contributed by atoms with Crippen molar-refractivity contribution in [3.63, 3.8) is 0 Å². The number of hydrogen-bond acceptors (Lipinski definition) is 0. The van der Waals surface area contributed by atoms with Crippen molar-refractivity contribution in [2.24, 2.45) is 0 Å². The molecule has 2 rings (SSSR count). The third-order valence-corrected chi connectivity index (χ3v) is 1.57. The smallest absolute Gasteiger partial charge is 0.184 e. The van der Waals surface area contributed by atoms with Gasteiger partial charge in [0.1, 0.15) is 0 Å². The van der Waals surface area contributed by atoms with E-state index in [-0.39, 0.29) is 22.4 Å². The van der Waals surface area contributed by atoms with Gasteiger partial charge in [0.05, 0.1) is 0 Å². The zero-order valence-corrected chi connectivity index (χ0v) is 10.6. The first kappa shape index (κ1) is 13.9. The quantitative estimate of drug-likeness (QED) is 0.550. The van der Waals surface area contributed by atoms with E-state index in [1.807, 2.05) is 54.6 Å². The molecule has 73 valence electrons. The Balaban J connectivity index is 0.000000253. The third kappa shape index (κ3) is 6.92. The van der Waals surface area contributed by atoms with Gasteiger partial charge in [0, 0.05) is 0 Å². The Hall–Kier alpha value is -1.08. The molecule has 1 radical (unpaired) electrons. The molecule has 0 amide bonds. The normalized spacial score (nSPS) is 7.73. The second-order valence-electron chi connectivity index (χ2n) is 2.62. The third-order valence-electron chi connectivity index (χ3n) is 1.57. The van der Waals surface area contributed by atoms with Crippen molar-refractivity contribution in [3.05, 3.63) is 78.9 Å². The van der Waals surface area contributed by atoms with Crippen molar-refractivity contribution >= 4 is 6.08 Å². The van der Waals surface area contributed by atoms with Gasteiger partial charge >= 0.3 is 22.4 Å². The van der Waals surface area contributed by atoms with E-state index in [9.17, 15) is 0 Å². The zero-order chi connectivity index (χ0) is 10.1. The summed E-state index contributed by atoms with van der Waals surface area (Å²) >= 11 is 0. The topological polar surface area (TPSA) is 0 Å². The van der Waals surface area contributed by atoms with Gasteiger partial charge in [-0.2, -0.15) is 66.7 Å². The molecular formula is C14H12Nb. The van der Waals surface area contributed by atoms with Crippen LogP contribution in [0.3, 0.4) is 0 Å². The van der Waals surface area contributed by atoms with E-state index < -0.39 is 0 Å². The summed E-state index contributed by atoms with van der Waals surface area (Å²) in [5.74, 6) is 0. The molecule has 0 unspecified atom stereocenters. The van der Waals surface area contributed by atoms with Crippen LogP contribution in [0.25, 0.3) is 6.08 Å². The van der Waals surface area contributed by atoms with Crippen LogP contribution in [0.4, 0.5) is 0 Å². The van der Waals surface area contributed by atoms with Crippen LogP contribution in [-0.2, 0) is 22.4 Å². The van der Waals surface area contributed by atoms with Gasteiger partial charge in [0.15, 0.2) is 0 Å². The van der Waals surface area contributed by atoms with E-state index in [0.717, 1.165) is 5.56 Å². The maximum absolute atomic E-state index is 3.61. The van der Waals surface area contributed by atoms with Gasteiger partial charge in [0.2, 0.25) is 0 Å². The molecule has 0 aliphatic rings. The summed E-state index contributed by atoms with van der Waals surface area (Å²) in [5, 5.41) is 0. The molecule has 0 saturated carbocycles. The van der Waals surface area contributed by atoms with Crippen LogP contribution in [0.1, 0.15) is 5.56 Å². The van der Waals surface area contributed by atoms with Gasteiger partial charge in [-0.05, 0) is 0 Å². The maximum atomic E-state index is 3.61. The second kappa shape index (κ2) is 9.47. The summed E-state index contributed by atoms with van der Waals surface area (Å²) in [6.07, 6.45) is 1.80. The molecule has 0 nitrogen and oxygen atoms in total. The van der Waals surface area contributed by atoms with Crippen molar-refractivity contribution in [1.82, 2.24) is 0 Å². The zero-order valence-electron chi connectivity index (χ0n) is 8.43. The standard InChI is InChI=1S/C8H7.C6H5.Nb/c1-2-8-6-4-3-5-7-8;1-2-4-6-5-3-1;/h2-4,6-7H,1H2;1-5H;/q2*-1;+2. The van der Waals surface area contributed by atoms with Crippen LogP contribution in [0, 0.1) is 12.1 Å². The Bertz CT molecular complexity index is 314. The van der Waals surface area contributed by atoms with Crippen LogP contribution < -0.4 is 0 Å². The van der Waals surface area contributed by atoms with Crippen molar-refractivity contribution in [1.29, 1.82) is 0 Å². The molecule has 2 aromatic carbocycles. The summed E-state index contributed by atoms with van der Waals surface area (Å²) in [6, 6.07) is 23.1. The monoisotopic (exact) mass is 273 g/mol. The molecule has 1 heteroatoms. The van der Waals surface area contributed by atoms with Gasteiger partial charge in [-0.3, -0.25) is 0 Å². The summed E-state index contributed by atoms with van der Waals surface area (Å²) in [5.41, 5.74) is 1.12. The number of hydrogen-bond donors (Lipinski definition) is 0. The minimum Gasteiger partial charge on any atom is -0.184 e. The average Bonchev–Trinajstić information content (AvgIpc) is 2.33. The Morgan fingerprint density at radius 2 is 1.60 bits per heavy atom. The summed E-state index contributed by atoms with van der Waals surface area (Å²) in [6.45, 7) is 3.61. The van der Waals surface area contributed by atoms with Gasteiger partial charge in [0.25, 0.3) is 0 Å². The number of benzene rings is 2. The van der Waals surface area contributed by atoms with Crippen molar-refractivity contribution in [2.75, 3.05) is 0 Å². The molecular weight excluding hydrogens is 261 g/mol. The molecule has 15 heavy (non-hydrogen) atoms. The predicted molar refractivity (Wildman–Crippen MR) is 60.6 cm³/mol.